The van der Waals surface area contributed by atoms with Gasteiger partial charge in [-0.25, -0.2) is 0 Å². The first-order chi connectivity index (χ1) is 11.1. The van der Waals surface area contributed by atoms with E-state index in [1.54, 1.807) is 14.2 Å². The Hall–Kier alpha value is -1.02. The van der Waals surface area contributed by atoms with Gasteiger partial charge in [-0.1, -0.05) is 26.0 Å². The molecule has 24 heavy (non-hydrogen) atoms. The molecule has 0 saturated heterocycles. The van der Waals surface area contributed by atoms with Gasteiger partial charge in [0, 0.05) is 38.9 Å². The average Bonchev–Trinajstić information content (AvgIpc) is 2.54. The van der Waals surface area contributed by atoms with Crippen molar-refractivity contribution in [2.75, 3.05) is 33.9 Å². The van der Waals surface area contributed by atoms with Gasteiger partial charge in [0.1, 0.15) is 5.75 Å². The van der Waals surface area contributed by atoms with E-state index in [0.29, 0.717) is 12.5 Å². The van der Waals surface area contributed by atoms with Crippen LogP contribution >= 0.6 is 24.0 Å². The number of hydrogen-bond donors (Lipinski definition) is 2. The second-order valence-electron chi connectivity index (χ2n) is 5.99. The summed E-state index contributed by atoms with van der Waals surface area (Å²) >= 11 is 0. The van der Waals surface area contributed by atoms with Crippen LogP contribution in [0.5, 0.6) is 5.75 Å². The zero-order valence-electron chi connectivity index (χ0n) is 15.5. The highest BCUT2D eigenvalue weighted by Gasteiger charge is 2.04. The molecule has 0 amide bonds. The summed E-state index contributed by atoms with van der Waals surface area (Å²) in [6.45, 7) is 9.47. The average molecular weight is 449 g/mol. The Labute approximate surface area is 163 Å². The van der Waals surface area contributed by atoms with Crippen LogP contribution in [-0.4, -0.2) is 39.9 Å². The van der Waals surface area contributed by atoms with E-state index >= 15 is 0 Å². The highest BCUT2D eigenvalue weighted by atomic mass is 127. The molecule has 0 heterocycles. The molecule has 0 saturated carbocycles. The first kappa shape index (κ1) is 23.0. The molecule has 0 bridgehead atoms. The number of hydrogen-bond acceptors (Lipinski definition) is 3. The number of benzene rings is 1. The number of ether oxygens (including phenoxy) is 2. The van der Waals surface area contributed by atoms with Crippen LogP contribution in [-0.2, 0) is 11.3 Å². The number of rotatable bonds is 9. The molecule has 0 aliphatic carbocycles. The lowest BCUT2D eigenvalue weighted by atomic mass is 10.1. The van der Waals surface area contributed by atoms with E-state index < -0.39 is 0 Å². The molecule has 6 heteroatoms. The van der Waals surface area contributed by atoms with Crippen LogP contribution in [0.1, 0.15) is 31.4 Å². The molecule has 0 atom stereocenters. The van der Waals surface area contributed by atoms with Gasteiger partial charge in [-0.2, -0.15) is 0 Å². The molecule has 0 aliphatic rings. The number of methoxy groups -OCH3 is 1. The van der Waals surface area contributed by atoms with E-state index in [-0.39, 0.29) is 24.0 Å². The van der Waals surface area contributed by atoms with Crippen molar-refractivity contribution in [1.29, 1.82) is 0 Å². The van der Waals surface area contributed by atoms with Crippen LogP contribution in [0.2, 0.25) is 0 Å². The van der Waals surface area contributed by atoms with Gasteiger partial charge >= 0.3 is 0 Å². The van der Waals surface area contributed by atoms with E-state index in [9.17, 15) is 0 Å². The first-order valence-electron chi connectivity index (χ1n) is 8.22. The molecule has 0 fully saturated rings. The van der Waals surface area contributed by atoms with Crippen LogP contribution in [0.3, 0.4) is 0 Å². The monoisotopic (exact) mass is 449 g/mol. The maximum Gasteiger partial charge on any atom is 0.191 e. The summed E-state index contributed by atoms with van der Waals surface area (Å²) in [6.07, 6.45) is 0.960. The van der Waals surface area contributed by atoms with Crippen molar-refractivity contribution in [2.45, 2.75) is 33.7 Å². The van der Waals surface area contributed by atoms with E-state index in [4.69, 9.17) is 9.47 Å². The minimum atomic E-state index is 0. The van der Waals surface area contributed by atoms with E-state index in [0.717, 1.165) is 43.5 Å². The van der Waals surface area contributed by atoms with Crippen molar-refractivity contribution in [2.24, 2.45) is 10.9 Å². The molecule has 0 unspecified atom stereocenters. The lowest BCUT2D eigenvalue weighted by molar-refractivity contribution is 0.108. The van der Waals surface area contributed by atoms with Gasteiger partial charge < -0.3 is 20.1 Å². The molecular weight excluding hydrogens is 417 g/mol. The minimum Gasteiger partial charge on any atom is -0.496 e. The third kappa shape index (κ3) is 9.32. The van der Waals surface area contributed by atoms with Crippen molar-refractivity contribution < 1.29 is 9.47 Å². The fraction of sp³-hybridized carbons (Fsp3) is 0.611. The van der Waals surface area contributed by atoms with Crippen LogP contribution in [0.15, 0.2) is 23.2 Å². The third-order valence-electron chi connectivity index (χ3n) is 3.32. The topological polar surface area (TPSA) is 54.9 Å². The van der Waals surface area contributed by atoms with Crippen LogP contribution in [0.25, 0.3) is 0 Å². The molecule has 138 valence electrons. The normalized spacial score (nSPS) is 11.2. The Morgan fingerprint density at radius 2 is 2.00 bits per heavy atom. The summed E-state index contributed by atoms with van der Waals surface area (Å²) in [4.78, 5) is 4.23. The highest BCUT2D eigenvalue weighted by molar-refractivity contribution is 14.0. The highest BCUT2D eigenvalue weighted by Crippen LogP contribution is 2.19. The number of aliphatic imine (C=N–C) groups is 1. The first-order valence-corrected chi connectivity index (χ1v) is 8.22. The summed E-state index contributed by atoms with van der Waals surface area (Å²) in [5, 5.41) is 6.60. The number of aryl methyl sites for hydroxylation is 1. The molecule has 1 rings (SSSR count). The van der Waals surface area contributed by atoms with Gasteiger partial charge in [0.15, 0.2) is 5.96 Å². The van der Waals surface area contributed by atoms with Gasteiger partial charge in [-0.05, 0) is 30.9 Å². The Morgan fingerprint density at radius 3 is 2.62 bits per heavy atom. The van der Waals surface area contributed by atoms with E-state index in [1.165, 1.54) is 5.56 Å². The van der Waals surface area contributed by atoms with Gasteiger partial charge in [0.05, 0.1) is 7.11 Å². The maximum atomic E-state index is 5.56. The summed E-state index contributed by atoms with van der Waals surface area (Å²) in [5.74, 6) is 2.27. The van der Waals surface area contributed by atoms with Crippen LogP contribution in [0.4, 0.5) is 0 Å². The van der Waals surface area contributed by atoms with Gasteiger partial charge in [-0.15, -0.1) is 24.0 Å². The fourth-order valence-electron chi connectivity index (χ4n) is 2.10. The lowest BCUT2D eigenvalue weighted by Crippen LogP contribution is -2.37. The SMILES string of the molecule is CN=C(NCCCOCC(C)C)NCc1ccc(C)cc1OC.I. The van der Waals surface area contributed by atoms with Crippen molar-refractivity contribution in [3.8, 4) is 5.75 Å². The third-order valence-corrected chi connectivity index (χ3v) is 3.32. The quantitative estimate of drug-likeness (QED) is 0.263. The minimum absolute atomic E-state index is 0. The number of guanidine groups is 1. The second kappa shape index (κ2) is 13.3. The Kier molecular flexibility index (Phi) is 12.7. The molecule has 1 aromatic rings. The van der Waals surface area contributed by atoms with E-state index in [1.807, 2.05) is 6.07 Å². The van der Waals surface area contributed by atoms with Crippen LogP contribution < -0.4 is 15.4 Å². The predicted octanol–water partition coefficient (Wildman–Crippen LogP) is 3.35. The predicted molar refractivity (Wildman–Crippen MR) is 112 cm³/mol. The van der Waals surface area contributed by atoms with Gasteiger partial charge in [0.2, 0.25) is 0 Å². The van der Waals surface area contributed by atoms with Crippen molar-refractivity contribution in [3.05, 3.63) is 29.3 Å². The van der Waals surface area contributed by atoms with Crippen molar-refractivity contribution >= 4 is 29.9 Å². The Balaban J connectivity index is 0.00000529. The molecule has 1 aromatic carbocycles. The molecule has 2 N–H and O–H groups in total. The zero-order chi connectivity index (χ0) is 17.1. The zero-order valence-corrected chi connectivity index (χ0v) is 17.8. The summed E-state index contributed by atoms with van der Waals surface area (Å²) in [7, 11) is 3.47. The molecule has 5 nitrogen and oxygen atoms in total. The standard InChI is InChI=1S/C18H31N3O2.HI/c1-14(2)13-23-10-6-9-20-18(19-4)21-12-16-8-7-15(3)11-17(16)22-5;/h7-8,11,14H,6,9-10,12-13H2,1-5H3,(H2,19,20,21);1H. The molecular formula is C18H32IN3O2. The molecule has 0 aliphatic heterocycles. The number of halogens is 1. The van der Waals surface area contributed by atoms with Gasteiger partial charge in [-0.3, -0.25) is 4.99 Å². The molecule has 0 aromatic heterocycles. The van der Waals surface area contributed by atoms with E-state index in [2.05, 4.69) is 48.5 Å². The van der Waals surface area contributed by atoms with Crippen molar-refractivity contribution in [3.63, 3.8) is 0 Å². The Bertz CT molecular complexity index is 493. The number of nitrogens with one attached hydrogen (secondary N) is 2. The van der Waals surface area contributed by atoms with Crippen molar-refractivity contribution in [1.82, 2.24) is 10.6 Å². The summed E-state index contributed by atoms with van der Waals surface area (Å²) in [5.41, 5.74) is 2.30. The van der Waals surface area contributed by atoms with Crippen LogP contribution in [0, 0.1) is 12.8 Å². The number of nitrogens with zero attached hydrogens (tertiary/aromatic N) is 1. The molecule has 0 radical (unpaired) electrons. The van der Waals surface area contributed by atoms with Gasteiger partial charge in [0.25, 0.3) is 0 Å². The summed E-state index contributed by atoms with van der Waals surface area (Å²) < 4.78 is 11.0. The fourth-order valence-corrected chi connectivity index (χ4v) is 2.10. The Morgan fingerprint density at radius 1 is 1.25 bits per heavy atom. The maximum absolute atomic E-state index is 5.56. The summed E-state index contributed by atoms with van der Waals surface area (Å²) in [6, 6.07) is 6.20. The lowest BCUT2D eigenvalue weighted by Gasteiger charge is -2.14. The smallest absolute Gasteiger partial charge is 0.191 e. The second-order valence-corrected chi connectivity index (χ2v) is 5.99. The largest absolute Gasteiger partial charge is 0.496 e. The molecule has 0 spiro atoms.